The Labute approximate surface area is 238 Å². The van der Waals surface area contributed by atoms with Crippen molar-refractivity contribution in [2.45, 2.75) is 19.6 Å². The van der Waals surface area contributed by atoms with Gasteiger partial charge in [-0.25, -0.2) is 15.0 Å². The summed E-state index contributed by atoms with van der Waals surface area (Å²) < 4.78 is 10.4. The summed E-state index contributed by atoms with van der Waals surface area (Å²) in [6, 6.07) is 18.4. The molecule has 0 unspecified atom stereocenters. The molecule has 4 aromatic heterocycles. The van der Waals surface area contributed by atoms with Crippen LogP contribution in [0, 0.1) is 0 Å². The van der Waals surface area contributed by atoms with Crippen LogP contribution in [-0.2, 0) is 19.6 Å². The van der Waals surface area contributed by atoms with E-state index in [1.165, 1.54) is 5.69 Å². The van der Waals surface area contributed by atoms with Crippen LogP contribution < -0.4 is 15.8 Å². The first kappa shape index (κ1) is 26.3. The molecule has 0 bridgehead atoms. The highest BCUT2D eigenvalue weighted by atomic mass is 16.5. The predicted molar refractivity (Wildman–Crippen MR) is 162 cm³/mol. The van der Waals surface area contributed by atoms with Gasteiger partial charge in [-0.05, 0) is 29.3 Å². The topological polar surface area (TPSA) is 111 Å². The van der Waals surface area contributed by atoms with E-state index in [-0.39, 0.29) is 0 Å². The minimum Gasteiger partial charge on any atom is -0.492 e. The SMILES string of the molecule is CN=CC(=CN)c1ccc(CNc2cc(-c3cnc4cc(OCCN5CCn6cccc6C5)ccn34)ncn2)cc1. The second-order valence-corrected chi connectivity index (χ2v) is 9.90. The Morgan fingerprint density at radius 1 is 1.07 bits per heavy atom. The van der Waals surface area contributed by atoms with E-state index in [2.05, 4.69) is 65.2 Å². The molecule has 5 aromatic rings. The smallest absolute Gasteiger partial charge is 0.140 e. The Hall–Kier alpha value is -4.96. The van der Waals surface area contributed by atoms with E-state index >= 15 is 0 Å². The number of benzene rings is 1. The average Bonchev–Trinajstić information content (AvgIpc) is 3.66. The third-order valence-electron chi connectivity index (χ3n) is 7.27. The van der Waals surface area contributed by atoms with Crippen LogP contribution in [0.2, 0.25) is 0 Å². The number of aliphatic imine (C=N–C) groups is 1. The summed E-state index contributed by atoms with van der Waals surface area (Å²) in [6.07, 6.45) is 10.8. The van der Waals surface area contributed by atoms with Crippen LogP contribution in [-0.4, -0.2) is 61.8 Å². The molecule has 0 spiro atoms. The maximum absolute atomic E-state index is 6.08. The fraction of sp³-hybridized carbons (Fsp3) is 0.226. The van der Waals surface area contributed by atoms with Gasteiger partial charge in [-0.2, -0.15) is 0 Å². The minimum atomic E-state index is 0.623. The first-order valence-electron chi connectivity index (χ1n) is 13.7. The molecule has 41 heavy (non-hydrogen) atoms. The lowest BCUT2D eigenvalue weighted by Gasteiger charge is -2.28. The summed E-state index contributed by atoms with van der Waals surface area (Å²) in [5.41, 5.74) is 12.6. The van der Waals surface area contributed by atoms with E-state index in [1.807, 2.05) is 47.1 Å². The van der Waals surface area contributed by atoms with Gasteiger partial charge < -0.3 is 20.4 Å². The molecule has 0 amide bonds. The van der Waals surface area contributed by atoms with Gasteiger partial charge in [-0.1, -0.05) is 24.3 Å². The number of nitrogens with two attached hydrogens (primary N) is 1. The van der Waals surface area contributed by atoms with Crippen molar-refractivity contribution in [1.82, 2.24) is 28.8 Å². The minimum absolute atomic E-state index is 0.623. The number of fused-ring (bicyclic) bond motifs is 2. The van der Waals surface area contributed by atoms with Crippen molar-refractivity contribution in [2.75, 3.05) is 32.1 Å². The summed E-state index contributed by atoms with van der Waals surface area (Å²) in [5.74, 6) is 1.54. The number of nitrogens with zero attached hydrogens (tertiary/aromatic N) is 7. The molecule has 0 fully saturated rings. The molecule has 1 aromatic carbocycles. The van der Waals surface area contributed by atoms with E-state index in [0.29, 0.717) is 13.2 Å². The van der Waals surface area contributed by atoms with Crippen molar-refractivity contribution in [3.63, 3.8) is 0 Å². The Morgan fingerprint density at radius 3 is 2.83 bits per heavy atom. The Kier molecular flexibility index (Phi) is 7.72. The number of pyridine rings is 1. The van der Waals surface area contributed by atoms with Gasteiger partial charge in [0.15, 0.2) is 0 Å². The van der Waals surface area contributed by atoms with E-state index in [1.54, 1.807) is 25.8 Å². The highest BCUT2D eigenvalue weighted by Crippen LogP contribution is 2.23. The van der Waals surface area contributed by atoms with Gasteiger partial charge in [-0.15, -0.1) is 0 Å². The van der Waals surface area contributed by atoms with Crippen LogP contribution >= 0.6 is 0 Å². The third kappa shape index (κ3) is 5.97. The van der Waals surface area contributed by atoms with Gasteiger partial charge in [-0.3, -0.25) is 14.3 Å². The molecule has 1 aliphatic heterocycles. The van der Waals surface area contributed by atoms with Gasteiger partial charge in [0.1, 0.15) is 30.1 Å². The van der Waals surface area contributed by atoms with Crippen LogP contribution in [0.25, 0.3) is 22.6 Å². The summed E-state index contributed by atoms with van der Waals surface area (Å²) in [7, 11) is 1.73. The molecule has 10 heteroatoms. The highest BCUT2D eigenvalue weighted by molar-refractivity contribution is 6.09. The number of ether oxygens (including phenoxy) is 1. The number of aromatic nitrogens is 5. The molecular formula is C31H33N9O. The van der Waals surface area contributed by atoms with E-state index in [0.717, 1.165) is 71.5 Å². The molecule has 1 aliphatic rings. The average molecular weight is 548 g/mol. The molecule has 5 heterocycles. The summed E-state index contributed by atoms with van der Waals surface area (Å²) in [4.78, 5) is 20.0. The summed E-state index contributed by atoms with van der Waals surface area (Å²) in [6.45, 7) is 5.17. The van der Waals surface area contributed by atoms with Crippen molar-refractivity contribution in [2.24, 2.45) is 10.7 Å². The zero-order valence-corrected chi connectivity index (χ0v) is 23.0. The lowest BCUT2D eigenvalue weighted by Crippen LogP contribution is -2.35. The Bertz CT molecular complexity index is 1680. The molecule has 0 saturated heterocycles. The van der Waals surface area contributed by atoms with Crippen molar-refractivity contribution in [1.29, 1.82) is 0 Å². The number of hydrogen-bond acceptors (Lipinski definition) is 8. The number of hydrogen-bond donors (Lipinski definition) is 2. The molecule has 3 N–H and O–H groups in total. The second kappa shape index (κ2) is 12.1. The quantitative estimate of drug-likeness (QED) is 0.253. The highest BCUT2D eigenvalue weighted by Gasteiger charge is 2.15. The van der Waals surface area contributed by atoms with Crippen LogP contribution in [0.5, 0.6) is 5.75 Å². The van der Waals surface area contributed by atoms with Crippen LogP contribution in [0.4, 0.5) is 5.82 Å². The predicted octanol–water partition coefficient (Wildman–Crippen LogP) is 4.10. The molecule has 0 saturated carbocycles. The normalized spacial score (nSPS) is 14.0. The number of nitrogens with one attached hydrogen (secondary N) is 1. The molecular weight excluding hydrogens is 514 g/mol. The lowest BCUT2D eigenvalue weighted by molar-refractivity contribution is 0.177. The van der Waals surface area contributed by atoms with Crippen LogP contribution in [0.3, 0.4) is 0 Å². The van der Waals surface area contributed by atoms with Gasteiger partial charge in [0, 0.05) is 88.0 Å². The molecule has 0 aliphatic carbocycles. The van der Waals surface area contributed by atoms with E-state index in [4.69, 9.17) is 10.5 Å². The zero-order chi connectivity index (χ0) is 28.0. The van der Waals surface area contributed by atoms with Gasteiger partial charge in [0.2, 0.25) is 0 Å². The van der Waals surface area contributed by atoms with Gasteiger partial charge >= 0.3 is 0 Å². The molecule has 208 valence electrons. The maximum atomic E-state index is 6.08. The van der Waals surface area contributed by atoms with Gasteiger partial charge in [0.25, 0.3) is 0 Å². The monoisotopic (exact) mass is 547 g/mol. The third-order valence-corrected chi connectivity index (χ3v) is 7.27. The summed E-state index contributed by atoms with van der Waals surface area (Å²) in [5, 5.41) is 3.39. The maximum Gasteiger partial charge on any atom is 0.140 e. The standard InChI is InChI=1S/C31H33N9O/c1-33-19-25(17-32)24-6-4-23(5-7-24)18-34-30-16-28(36-22-37-30)29-20-35-31-15-27(8-10-40(29)31)41-14-13-38-11-12-39-9-2-3-26(39)21-38/h2-10,15-17,19-20,22H,11-14,18,21,32H2,1H3,(H,34,36,37). The van der Waals surface area contributed by atoms with Crippen LogP contribution in [0.1, 0.15) is 16.8 Å². The summed E-state index contributed by atoms with van der Waals surface area (Å²) >= 11 is 0. The molecule has 0 atom stereocenters. The number of imidazole rings is 1. The van der Waals surface area contributed by atoms with Gasteiger partial charge in [0.05, 0.1) is 17.6 Å². The van der Waals surface area contributed by atoms with Crippen molar-refractivity contribution < 1.29 is 4.74 Å². The molecule has 0 radical (unpaired) electrons. The van der Waals surface area contributed by atoms with Crippen molar-refractivity contribution in [3.8, 4) is 17.1 Å². The zero-order valence-electron chi connectivity index (χ0n) is 23.0. The lowest BCUT2D eigenvalue weighted by atomic mass is 10.1. The number of rotatable bonds is 10. The fourth-order valence-corrected chi connectivity index (χ4v) is 5.05. The molecule has 10 nitrogen and oxygen atoms in total. The number of allylic oxidation sites excluding steroid dienone is 1. The largest absolute Gasteiger partial charge is 0.492 e. The second-order valence-electron chi connectivity index (χ2n) is 9.90. The fourth-order valence-electron chi connectivity index (χ4n) is 5.05. The van der Waals surface area contributed by atoms with Crippen molar-refractivity contribution in [3.05, 3.63) is 103 Å². The molecule has 6 rings (SSSR count). The Morgan fingerprint density at radius 2 is 1.98 bits per heavy atom. The van der Waals surface area contributed by atoms with Crippen molar-refractivity contribution >= 4 is 23.3 Å². The van der Waals surface area contributed by atoms with E-state index < -0.39 is 0 Å². The Balaban J connectivity index is 1.07. The van der Waals surface area contributed by atoms with E-state index in [9.17, 15) is 0 Å². The number of anilines is 1. The first-order valence-corrected chi connectivity index (χ1v) is 13.7. The van der Waals surface area contributed by atoms with Crippen LogP contribution in [0.15, 0.2) is 90.7 Å². The first-order chi connectivity index (χ1) is 20.2.